The largest absolute Gasteiger partial charge is 0.573 e. The van der Waals surface area contributed by atoms with Crippen molar-refractivity contribution in [3.63, 3.8) is 0 Å². The van der Waals surface area contributed by atoms with E-state index in [-0.39, 0.29) is 17.6 Å². The molecular formula is C19H20F3N5O2. The quantitative estimate of drug-likeness (QED) is 0.598. The van der Waals surface area contributed by atoms with E-state index < -0.39 is 6.36 Å². The minimum absolute atomic E-state index is 0.0684. The Morgan fingerprint density at radius 3 is 2.66 bits per heavy atom. The summed E-state index contributed by atoms with van der Waals surface area (Å²) < 4.78 is 46.9. The van der Waals surface area contributed by atoms with E-state index in [1.807, 2.05) is 13.8 Å². The summed E-state index contributed by atoms with van der Waals surface area (Å²) in [7, 11) is 0. The van der Waals surface area contributed by atoms with Crippen LogP contribution in [0.15, 0.2) is 41.5 Å². The van der Waals surface area contributed by atoms with Gasteiger partial charge >= 0.3 is 6.36 Å². The van der Waals surface area contributed by atoms with Crippen molar-refractivity contribution < 1.29 is 22.3 Å². The van der Waals surface area contributed by atoms with Gasteiger partial charge in [0, 0.05) is 11.8 Å². The van der Waals surface area contributed by atoms with Crippen molar-refractivity contribution in [1.29, 1.82) is 0 Å². The Bertz CT molecular complexity index is 959. The van der Waals surface area contributed by atoms with Crippen molar-refractivity contribution in [2.75, 3.05) is 11.1 Å². The molecule has 10 heteroatoms. The Hall–Kier alpha value is -3.30. The number of nitrogen functional groups attached to an aromatic ring is 1. The Morgan fingerprint density at radius 2 is 2.00 bits per heavy atom. The fourth-order valence-corrected chi connectivity index (χ4v) is 2.87. The molecule has 1 aromatic carbocycles. The highest BCUT2D eigenvalue weighted by atomic mass is 19.4. The lowest BCUT2D eigenvalue weighted by Crippen LogP contribution is -2.17. The number of ether oxygens (including phenoxy) is 1. The lowest BCUT2D eigenvalue weighted by atomic mass is 9.94. The fraction of sp³-hybridized carbons (Fsp3) is 0.316. The van der Waals surface area contributed by atoms with Crippen LogP contribution in [0.25, 0.3) is 11.1 Å². The second kappa shape index (κ2) is 8.38. The van der Waals surface area contributed by atoms with Crippen LogP contribution in [0, 0.1) is 5.92 Å². The lowest BCUT2D eigenvalue weighted by Gasteiger charge is -2.17. The summed E-state index contributed by atoms with van der Waals surface area (Å²) in [6.45, 7) is 4.28. The molecule has 0 atom stereocenters. The summed E-state index contributed by atoms with van der Waals surface area (Å²) in [6, 6.07) is 4.22. The molecule has 0 radical (unpaired) electrons. The summed E-state index contributed by atoms with van der Waals surface area (Å²) in [6.07, 6.45) is 0.122. The van der Waals surface area contributed by atoms with Crippen molar-refractivity contribution in [3.05, 3.63) is 48.3 Å². The third-order valence-corrected chi connectivity index (χ3v) is 3.96. The van der Waals surface area contributed by atoms with Gasteiger partial charge in [0.05, 0.1) is 12.2 Å². The summed E-state index contributed by atoms with van der Waals surface area (Å²) in [5.74, 6) is 0.440. The Labute approximate surface area is 165 Å². The molecule has 154 valence electrons. The topological polar surface area (TPSA) is 99.1 Å². The molecule has 0 saturated heterocycles. The van der Waals surface area contributed by atoms with E-state index in [0.717, 1.165) is 0 Å². The van der Waals surface area contributed by atoms with Crippen molar-refractivity contribution in [3.8, 4) is 16.9 Å². The molecule has 0 amide bonds. The minimum Gasteiger partial charge on any atom is -0.451 e. The Balaban J connectivity index is 1.99. The number of benzene rings is 1. The number of rotatable bonds is 7. The first-order valence-electron chi connectivity index (χ1n) is 8.84. The number of anilines is 2. The normalized spacial score (nSPS) is 11.7. The number of nitrogens with one attached hydrogen (secondary N) is 1. The van der Waals surface area contributed by atoms with Gasteiger partial charge in [-0.05, 0) is 35.6 Å². The van der Waals surface area contributed by atoms with Crippen molar-refractivity contribution in [2.24, 2.45) is 5.92 Å². The van der Waals surface area contributed by atoms with Crippen LogP contribution in [0.2, 0.25) is 0 Å². The fourth-order valence-electron chi connectivity index (χ4n) is 2.87. The van der Waals surface area contributed by atoms with Crippen LogP contribution in [-0.4, -0.2) is 21.3 Å². The zero-order chi connectivity index (χ0) is 21.0. The predicted molar refractivity (Wildman–Crippen MR) is 101 cm³/mol. The van der Waals surface area contributed by atoms with E-state index >= 15 is 0 Å². The molecule has 0 saturated carbocycles. The third-order valence-electron chi connectivity index (χ3n) is 3.96. The molecule has 0 fully saturated rings. The standard InChI is InChI=1S/C19H20F3N5O2/c1-11(2)5-12-6-14(29-19(20,21)22)3-4-15(12)16-8-25-18(23)27-17(16)24-7-13-9-28-10-26-13/h3-4,6,8-11H,5,7H2,1-2H3,(H3,23,24,25,27). The summed E-state index contributed by atoms with van der Waals surface area (Å²) in [5.41, 5.74) is 8.36. The van der Waals surface area contributed by atoms with Crippen LogP contribution in [0.4, 0.5) is 24.9 Å². The highest BCUT2D eigenvalue weighted by Crippen LogP contribution is 2.34. The van der Waals surface area contributed by atoms with E-state index in [4.69, 9.17) is 10.2 Å². The maximum absolute atomic E-state index is 12.6. The van der Waals surface area contributed by atoms with Gasteiger partial charge in [-0.2, -0.15) is 4.98 Å². The van der Waals surface area contributed by atoms with Gasteiger partial charge in [-0.3, -0.25) is 0 Å². The molecule has 0 unspecified atom stereocenters. The molecule has 0 spiro atoms. The van der Waals surface area contributed by atoms with Gasteiger partial charge in [0.15, 0.2) is 6.39 Å². The third kappa shape index (κ3) is 5.59. The van der Waals surface area contributed by atoms with Crippen LogP contribution in [0.3, 0.4) is 0 Å². The Kier molecular flexibility index (Phi) is 5.90. The number of aromatic nitrogens is 3. The zero-order valence-corrected chi connectivity index (χ0v) is 15.8. The van der Waals surface area contributed by atoms with E-state index in [1.165, 1.54) is 31.0 Å². The van der Waals surface area contributed by atoms with Crippen LogP contribution in [0.1, 0.15) is 25.1 Å². The molecule has 3 rings (SSSR count). The average molecular weight is 407 g/mol. The monoisotopic (exact) mass is 407 g/mol. The molecule has 29 heavy (non-hydrogen) atoms. The van der Waals surface area contributed by atoms with Gasteiger partial charge in [0.25, 0.3) is 0 Å². The second-order valence-corrected chi connectivity index (χ2v) is 6.79. The van der Waals surface area contributed by atoms with E-state index in [0.29, 0.717) is 41.2 Å². The summed E-state index contributed by atoms with van der Waals surface area (Å²) >= 11 is 0. The van der Waals surface area contributed by atoms with Gasteiger partial charge in [-0.25, -0.2) is 9.97 Å². The molecule has 0 bridgehead atoms. The smallest absolute Gasteiger partial charge is 0.451 e. The lowest BCUT2D eigenvalue weighted by molar-refractivity contribution is -0.274. The van der Waals surface area contributed by atoms with Crippen LogP contribution >= 0.6 is 0 Å². The SMILES string of the molecule is CC(C)Cc1cc(OC(F)(F)F)ccc1-c1cnc(N)nc1NCc1cocn1. The highest BCUT2D eigenvalue weighted by Gasteiger charge is 2.31. The summed E-state index contributed by atoms with van der Waals surface area (Å²) in [5, 5.41) is 3.12. The van der Waals surface area contributed by atoms with Crippen molar-refractivity contribution in [1.82, 2.24) is 15.0 Å². The highest BCUT2D eigenvalue weighted by molar-refractivity contribution is 5.78. The van der Waals surface area contributed by atoms with Gasteiger partial charge in [-0.1, -0.05) is 19.9 Å². The molecule has 0 aliphatic heterocycles. The van der Waals surface area contributed by atoms with Crippen LogP contribution in [-0.2, 0) is 13.0 Å². The molecule has 3 N–H and O–H groups in total. The van der Waals surface area contributed by atoms with Gasteiger partial charge in [0.2, 0.25) is 5.95 Å². The number of alkyl halides is 3. The molecule has 2 aromatic heterocycles. The first-order chi connectivity index (χ1) is 13.7. The molecule has 7 nitrogen and oxygen atoms in total. The number of hydrogen-bond acceptors (Lipinski definition) is 7. The molecule has 0 aliphatic carbocycles. The van der Waals surface area contributed by atoms with E-state index in [2.05, 4.69) is 25.0 Å². The maximum atomic E-state index is 12.6. The minimum atomic E-state index is -4.76. The number of halogens is 3. The summed E-state index contributed by atoms with van der Waals surface area (Å²) in [4.78, 5) is 12.3. The second-order valence-electron chi connectivity index (χ2n) is 6.79. The number of nitrogens with zero attached hydrogens (tertiary/aromatic N) is 3. The van der Waals surface area contributed by atoms with Crippen molar-refractivity contribution in [2.45, 2.75) is 33.2 Å². The predicted octanol–water partition coefficient (Wildman–Crippen LogP) is 4.42. The van der Waals surface area contributed by atoms with Gasteiger partial charge in [-0.15, -0.1) is 13.2 Å². The van der Waals surface area contributed by atoms with Gasteiger partial charge < -0.3 is 20.2 Å². The number of hydrogen-bond donors (Lipinski definition) is 2. The molecule has 0 aliphatic rings. The Morgan fingerprint density at radius 1 is 1.21 bits per heavy atom. The maximum Gasteiger partial charge on any atom is 0.573 e. The van der Waals surface area contributed by atoms with Crippen LogP contribution < -0.4 is 15.8 Å². The molecular weight excluding hydrogens is 387 g/mol. The van der Waals surface area contributed by atoms with Crippen molar-refractivity contribution >= 4 is 11.8 Å². The van der Waals surface area contributed by atoms with Gasteiger partial charge in [0.1, 0.15) is 17.8 Å². The van der Waals surface area contributed by atoms with E-state index in [9.17, 15) is 13.2 Å². The van der Waals surface area contributed by atoms with E-state index in [1.54, 1.807) is 6.07 Å². The number of oxazole rings is 1. The zero-order valence-electron chi connectivity index (χ0n) is 15.8. The molecule has 3 aromatic rings. The van der Waals surface area contributed by atoms with Crippen LogP contribution in [0.5, 0.6) is 5.75 Å². The average Bonchev–Trinajstić information content (AvgIpc) is 3.12. The first-order valence-corrected chi connectivity index (χ1v) is 8.84. The number of nitrogens with two attached hydrogens (primary N) is 1. The first kappa shape index (κ1) is 20.4. The molecule has 2 heterocycles.